The van der Waals surface area contributed by atoms with Crippen molar-refractivity contribution in [3.8, 4) is 0 Å². The minimum absolute atomic E-state index is 0.0899. The van der Waals surface area contributed by atoms with Crippen LogP contribution in [0.4, 0.5) is 0 Å². The van der Waals surface area contributed by atoms with Crippen molar-refractivity contribution in [3.05, 3.63) is 60.7 Å². The molecule has 2 aliphatic heterocycles. The molecule has 0 radical (unpaired) electrons. The van der Waals surface area contributed by atoms with E-state index in [-0.39, 0.29) is 23.4 Å². The Hall–Kier alpha value is -1.54. The molecule has 2 bridgehead atoms. The fourth-order valence-electron chi connectivity index (χ4n) is 5.32. The molecule has 4 rings (SSSR count). The van der Waals surface area contributed by atoms with E-state index in [0.717, 1.165) is 0 Å². The Kier molecular flexibility index (Phi) is 6.41. The maximum Gasteiger partial charge on any atom is 0.261 e. The van der Waals surface area contributed by atoms with E-state index in [9.17, 15) is 0 Å². The highest BCUT2D eigenvalue weighted by molar-refractivity contribution is 6.99. The maximum absolute atomic E-state index is 7.18. The smallest absolute Gasteiger partial charge is 0.261 e. The lowest BCUT2D eigenvalue weighted by atomic mass is 9.94. The van der Waals surface area contributed by atoms with Crippen molar-refractivity contribution in [1.29, 1.82) is 0 Å². The van der Waals surface area contributed by atoms with Gasteiger partial charge in [-0.25, -0.2) is 0 Å². The summed E-state index contributed by atoms with van der Waals surface area (Å²) in [4.78, 5) is 0. The van der Waals surface area contributed by atoms with Crippen LogP contribution in [0.5, 0.6) is 0 Å². The zero-order chi connectivity index (χ0) is 22.1. The zero-order valence-corrected chi connectivity index (χ0v) is 20.2. The second-order valence-corrected chi connectivity index (χ2v) is 13.8. The number of methoxy groups -OCH3 is 2. The van der Waals surface area contributed by atoms with E-state index in [2.05, 4.69) is 81.4 Å². The van der Waals surface area contributed by atoms with Crippen LogP contribution in [0.25, 0.3) is 0 Å². The molecular formula is C25H34O5Si. The standard InChI is InChI=1S/C25H34O5Si/c1-24(2,3)31(19-12-8-6-9-13-19,20-14-10-7-11-15-20)29-18-25-22(17-26-4)30-21(16-28-25)23(25)27-5/h6-15,21-23H,16-18H2,1-5H3/t21-,22?,23-,25-/m0/s1. The van der Waals surface area contributed by atoms with E-state index in [0.29, 0.717) is 19.8 Å². The van der Waals surface area contributed by atoms with Crippen LogP contribution in [-0.2, 0) is 23.4 Å². The number of hydrogen-bond donors (Lipinski definition) is 0. The summed E-state index contributed by atoms with van der Waals surface area (Å²) in [6.45, 7) is 8.19. The van der Waals surface area contributed by atoms with Crippen LogP contribution < -0.4 is 10.4 Å². The van der Waals surface area contributed by atoms with Gasteiger partial charge in [0, 0.05) is 14.2 Å². The first-order valence-corrected chi connectivity index (χ1v) is 12.9. The van der Waals surface area contributed by atoms with Crippen molar-refractivity contribution in [3.63, 3.8) is 0 Å². The lowest BCUT2D eigenvalue weighted by molar-refractivity contribution is -0.179. The van der Waals surface area contributed by atoms with Crippen LogP contribution in [-0.4, -0.2) is 66.3 Å². The van der Waals surface area contributed by atoms with Gasteiger partial charge in [0.15, 0.2) is 0 Å². The molecule has 2 aliphatic rings. The van der Waals surface area contributed by atoms with Gasteiger partial charge in [-0.15, -0.1) is 0 Å². The Labute approximate surface area is 186 Å². The highest BCUT2D eigenvalue weighted by atomic mass is 28.4. The normalized spacial score (nSPS) is 28.2. The first kappa shape index (κ1) is 22.6. The Morgan fingerprint density at radius 1 is 0.968 bits per heavy atom. The van der Waals surface area contributed by atoms with Gasteiger partial charge in [0.05, 0.1) is 19.8 Å². The molecule has 2 fully saturated rings. The first-order valence-electron chi connectivity index (χ1n) is 10.9. The largest absolute Gasteiger partial charge is 0.404 e. The number of benzene rings is 2. The molecule has 0 spiro atoms. The Morgan fingerprint density at radius 3 is 2.03 bits per heavy atom. The molecule has 1 unspecified atom stereocenters. The lowest BCUT2D eigenvalue weighted by Gasteiger charge is -2.46. The first-order chi connectivity index (χ1) is 14.9. The van der Waals surface area contributed by atoms with Crippen molar-refractivity contribution in [2.24, 2.45) is 0 Å². The third-order valence-electron chi connectivity index (χ3n) is 6.72. The third-order valence-corrected chi connectivity index (χ3v) is 11.7. The summed E-state index contributed by atoms with van der Waals surface area (Å²) in [5.41, 5.74) is -0.678. The van der Waals surface area contributed by atoms with Crippen molar-refractivity contribution in [2.45, 2.75) is 49.7 Å². The van der Waals surface area contributed by atoms with Gasteiger partial charge < -0.3 is 23.4 Å². The fraction of sp³-hybridized carbons (Fsp3) is 0.520. The van der Waals surface area contributed by atoms with E-state index >= 15 is 0 Å². The predicted molar refractivity (Wildman–Crippen MR) is 124 cm³/mol. The van der Waals surface area contributed by atoms with Crippen LogP contribution in [0.3, 0.4) is 0 Å². The highest BCUT2D eigenvalue weighted by Gasteiger charge is 2.64. The number of ether oxygens (including phenoxy) is 4. The summed E-state index contributed by atoms with van der Waals surface area (Å²) < 4.78 is 31.1. The number of fused-ring (bicyclic) bond motifs is 2. The monoisotopic (exact) mass is 442 g/mol. The van der Waals surface area contributed by atoms with Crippen LogP contribution >= 0.6 is 0 Å². The second-order valence-electron chi connectivity index (χ2n) is 9.49. The Bertz CT molecular complexity index is 814. The molecule has 2 aromatic carbocycles. The summed E-state index contributed by atoms with van der Waals surface area (Å²) in [6, 6.07) is 21.3. The fourth-order valence-corrected chi connectivity index (χ4v) is 9.91. The van der Waals surface area contributed by atoms with Gasteiger partial charge in [-0.3, -0.25) is 0 Å². The zero-order valence-electron chi connectivity index (χ0n) is 19.2. The summed E-state index contributed by atoms with van der Waals surface area (Å²) in [6.07, 6.45) is -0.488. The van der Waals surface area contributed by atoms with Crippen molar-refractivity contribution in [1.82, 2.24) is 0 Å². The lowest BCUT2D eigenvalue weighted by Crippen LogP contribution is -2.68. The van der Waals surface area contributed by atoms with E-state index in [1.165, 1.54) is 10.4 Å². The Morgan fingerprint density at radius 2 is 1.55 bits per heavy atom. The van der Waals surface area contributed by atoms with Gasteiger partial charge in [0.25, 0.3) is 8.32 Å². The average Bonchev–Trinajstić information content (AvgIpc) is 3.26. The van der Waals surface area contributed by atoms with Crippen molar-refractivity contribution >= 4 is 18.7 Å². The number of rotatable bonds is 8. The van der Waals surface area contributed by atoms with Crippen LogP contribution in [0.15, 0.2) is 60.7 Å². The van der Waals surface area contributed by atoms with Gasteiger partial charge in [0.2, 0.25) is 0 Å². The van der Waals surface area contributed by atoms with Gasteiger partial charge in [-0.2, -0.15) is 0 Å². The van der Waals surface area contributed by atoms with Crippen LogP contribution in [0, 0.1) is 0 Å². The average molecular weight is 443 g/mol. The third kappa shape index (κ3) is 3.69. The number of hydrogen-bond acceptors (Lipinski definition) is 5. The molecule has 2 saturated heterocycles. The molecule has 168 valence electrons. The van der Waals surface area contributed by atoms with Gasteiger partial charge >= 0.3 is 0 Å². The summed E-state index contributed by atoms with van der Waals surface area (Å²) in [7, 11) is 0.725. The van der Waals surface area contributed by atoms with Gasteiger partial charge in [0.1, 0.15) is 23.9 Å². The van der Waals surface area contributed by atoms with E-state index in [4.69, 9.17) is 23.4 Å². The van der Waals surface area contributed by atoms with Crippen molar-refractivity contribution < 1.29 is 23.4 Å². The molecule has 0 N–H and O–H groups in total. The minimum atomic E-state index is -2.69. The predicted octanol–water partition coefficient (Wildman–Crippen LogP) is 2.76. The molecule has 0 saturated carbocycles. The molecule has 6 heteroatoms. The molecule has 5 nitrogen and oxygen atoms in total. The van der Waals surface area contributed by atoms with E-state index in [1.54, 1.807) is 14.2 Å². The quantitative estimate of drug-likeness (QED) is 0.589. The SMILES string of the molecule is COCC1O[C@H]2CO[C@]1(CO[Si](c1ccccc1)(c1ccccc1)C(C)(C)C)[C@H]2OC. The molecule has 4 atom stereocenters. The van der Waals surface area contributed by atoms with Gasteiger partial charge in [-0.05, 0) is 15.4 Å². The minimum Gasteiger partial charge on any atom is -0.404 e. The molecule has 0 aromatic heterocycles. The molecule has 0 amide bonds. The van der Waals surface area contributed by atoms with E-state index in [1.807, 2.05) is 0 Å². The molecule has 31 heavy (non-hydrogen) atoms. The summed E-state index contributed by atoms with van der Waals surface area (Å²) in [5, 5.41) is 2.38. The molecule has 2 aromatic rings. The molecule has 0 aliphatic carbocycles. The topological polar surface area (TPSA) is 46.2 Å². The highest BCUT2D eigenvalue weighted by Crippen LogP contribution is 2.45. The van der Waals surface area contributed by atoms with Crippen LogP contribution in [0.1, 0.15) is 20.8 Å². The van der Waals surface area contributed by atoms with Crippen LogP contribution in [0.2, 0.25) is 5.04 Å². The molecule has 2 heterocycles. The second kappa shape index (κ2) is 8.77. The molecular weight excluding hydrogens is 408 g/mol. The summed E-state index contributed by atoms with van der Waals surface area (Å²) in [5.74, 6) is 0. The maximum atomic E-state index is 7.18. The van der Waals surface area contributed by atoms with Crippen molar-refractivity contribution in [2.75, 3.05) is 34.0 Å². The Balaban J connectivity index is 1.78. The summed E-state index contributed by atoms with van der Waals surface area (Å²) >= 11 is 0. The van der Waals surface area contributed by atoms with Gasteiger partial charge in [-0.1, -0.05) is 81.4 Å². The van der Waals surface area contributed by atoms with E-state index < -0.39 is 13.9 Å².